The molecule has 5 aromatic rings. The number of rotatable bonds is 21. The van der Waals surface area contributed by atoms with E-state index in [-0.39, 0.29) is 42.5 Å². The van der Waals surface area contributed by atoms with E-state index in [2.05, 4.69) is 157 Å². The molecule has 0 aromatic heterocycles. The molecule has 12 nitrogen and oxygen atoms in total. The third-order valence-electron chi connectivity index (χ3n) is 16.6. The Bertz CT molecular complexity index is 2630. The van der Waals surface area contributed by atoms with Gasteiger partial charge in [-0.05, 0) is 87.3 Å². The van der Waals surface area contributed by atoms with Crippen LogP contribution in [0.2, 0.25) is 23.2 Å². The predicted molar refractivity (Wildman–Crippen MR) is 309 cm³/mol. The number of benzene rings is 5. The van der Waals surface area contributed by atoms with Gasteiger partial charge in [-0.15, -0.1) is 0 Å². The monoisotopic (exact) mass is 1100 g/mol. The smallest absolute Gasteiger partial charge is 0.304 e. The van der Waals surface area contributed by atoms with Gasteiger partial charge in [-0.3, -0.25) is 4.79 Å². The average Bonchev–Trinajstić information content (AvgIpc) is 3.83. The molecule has 14 heteroatoms. The lowest BCUT2D eigenvalue weighted by Gasteiger charge is -2.45. The topological polar surface area (TPSA) is 119 Å². The van der Waals surface area contributed by atoms with Crippen molar-refractivity contribution in [3.8, 4) is 5.75 Å². The molecule has 0 radical (unpaired) electrons. The number of ether oxygens (including phenoxy) is 9. The summed E-state index contributed by atoms with van der Waals surface area (Å²) in [4.78, 5) is 13.3. The molecule has 0 saturated carbocycles. The molecule has 0 bridgehead atoms. The number of esters is 1. The fourth-order valence-electron chi connectivity index (χ4n) is 12.2. The number of carbonyl (C=O) groups excluding carboxylic acids is 1. The molecule has 0 amide bonds. The standard InChI is InChI=1S/C64H84O12Si2/c1-9-77(10-2,11-3)76-60-41-57-58(40-51(35-37-67-57)68-43-46-29-30-47-21-18-19-22-49(47)39-46)73-59(60)42-62(71-45(4)65)74-54-27-20-28-55-61(44-69-63(75-55)48-31-33-50(66-8)34-32-48)72-56(54)36-38-70-78(64(5,6)7,52-23-14-12-15-24-52)53-25-16-13-17-26-53/h12-26,28-34,39,51,54-63H,9-11,27,35-38,40-44H2,1-8H3/b28-20-/t51-,54+,55-,56-,57+,58-,59+,60-,61+,62?,63+/m0/s1. The second kappa shape index (κ2) is 26.8. The van der Waals surface area contributed by atoms with Crippen LogP contribution in [0.3, 0.4) is 0 Å². The molecule has 9 rings (SSSR count). The third kappa shape index (κ3) is 13.9. The summed E-state index contributed by atoms with van der Waals surface area (Å²) < 4.78 is 74.6. The van der Waals surface area contributed by atoms with Crippen molar-refractivity contribution in [1.82, 2.24) is 0 Å². The van der Waals surface area contributed by atoms with Crippen LogP contribution in [0.5, 0.6) is 5.75 Å². The van der Waals surface area contributed by atoms with E-state index in [0.717, 1.165) is 41.4 Å². The molecular weight excluding hydrogens is 1020 g/mol. The van der Waals surface area contributed by atoms with Gasteiger partial charge in [0.15, 0.2) is 14.6 Å². The fraction of sp³-hybridized carbons (Fsp3) is 0.516. The average molecular weight is 1100 g/mol. The lowest BCUT2D eigenvalue weighted by atomic mass is 9.93. The molecule has 0 N–H and O–H groups in total. The zero-order valence-corrected chi connectivity index (χ0v) is 49.2. The molecule has 3 saturated heterocycles. The van der Waals surface area contributed by atoms with Gasteiger partial charge in [-0.25, -0.2) is 0 Å². The van der Waals surface area contributed by atoms with Crippen molar-refractivity contribution in [3.63, 3.8) is 0 Å². The highest BCUT2D eigenvalue weighted by molar-refractivity contribution is 6.99. The van der Waals surface area contributed by atoms with Gasteiger partial charge in [-0.1, -0.05) is 163 Å². The minimum atomic E-state index is -2.93. The Morgan fingerprint density at radius 3 is 2.08 bits per heavy atom. The first-order valence-electron chi connectivity index (χ1n) is 28.7. The molecule has 420 valence electrons. The van der Waals surface area contributed by atoms with Gasteiger partial charge in [0.25, 0.3) is 8.32 Å². The van der Waals surface area contributed by atoms with Gasteiger partial charge in [-0.2, -0.15) is 0 Å². The highest BCUT2D eigenvalue weighted by Crippen LogP contribution is 2.40. The summed E-state index contributed by atoms with van der Waals surface area (Å²) in [6.45, 7) is 16.7. The Hall–Kier alpha value is -4.56. The minimum Gasteiger partial charge on any atom is -0.497 e. The molecule has 1 unspecified atom stereocenters. The molecule has 5 aromatic carbocycles. The highest BCUT2D eigenvalue weighted by Gasteiger charge is 2.51. The van der Waals surface area contributed by atoms with Crippen LogP contribution in [0.15, 0.2) is 140 Å². The summed E-state index contributed by atoms with van der Waals surface area (Å²) in [7, 11) is -3.44. The second-order valence-electron chi connectivity index (χ2n) is 22.6. The van der Waals surface area contributed by atoms with Crippen LogP contribution in [0.25, 0.3) is 10.8 Å². The lowest BCUT2D eigenvalue weighted by molar-refractivity contribution is -0.278. The van der Waals surface area contributed by atoms with Crippen LogP contribution < -0.4 is 15.1 Å². The first-order valence-corrected chi connectivity index (χ1v) is 33.1. The molecule has 78 heavy (non-hydrogen) atoms. The fourth-order valence-corrected chi connectivity index (χ4v) is 19.6. The van der Waals surface area contributed by atoms with E-state index in [0.29, 0.717) is 45.5 Å². The molecule has 0 aliphatic carbocycles. The van der Waals surface area contributed by atoms with Gasteiger partial charge in [0.1, 0.15) is 18.0 Å². The van der Waals surface area contributed by atoms with Gasteiger partial charge < -0.3 is 51.5 Å². The van der Waals surface area contributed by atoms with Crippen molar-refractivity contribution in [3.05, 3.63) is 151 Å². The largest absolute Gasteiger partial charge is 0.497 e. The van der Waals surface area contributed by atoms with Crippen molar-refractivity contribution in [2.75, 3.05) is 26.9 Å². The zero-order chi connectivity index (χ0) is 54.7. The molecular formula is C64H84O12Si2. The SMILES string of the molecule is CC[Si](CC)(CC)O[C@H]1C[C@H]2OCC[C@H](OCc3ccc4ccccc4c3)C[C@@H]2O[C@@H]1CC(OC(C)=O)O[C@@H]1C/C=C\[C@@H]2O[C@H](c3ccc(OC)cc3)OC[C@H]2O[C@H]1CCO[Si](c1ccccc1)(c1ccccc1)C(C)(C)C. The van der Waals surface area contributed by atoms with Crippen LogP contribution in [0, 0.1) is 0 Å². The maximum atomic E-state index is 13.3. The van der Waals surface area contributed by atoms with E-state index in [1.165, 1.54) is 28.1 Å². The predicted octanol–water partition coefficient (Wildman–Crippen LogP) is 11.9. The number of hydrogen-bond acceptors (Lipinski definition) is 12. The summed E-state index contributed by atoms with van der Waals surface area (Å²) >= 11 is 0. The van der Waals surface area contributed by atoms with Crippen molar-refractivity contribution in [1.29, 1.82) is 0 Å². The zero-order valence-electron chi connectivity index (χ0n) is 47.2. The van der Waals surface area contributed by atoms with Crippen LogP contribution in [-0.2, 0) is 58.1 Å². The van der Waals surface area contributed by atoms with Crippen LogP contribution in [0.4, 0.5) is 0 Å². The van der Waals surface area contributed by atoms with E-state index >= 15 is 0 Å². The Labute approximate surface area is 465 Å². The van der Waals surface area contributed by atoms with E-state index in [4.69, 9.17) is 51.5 Å². The number of carbonyl (C=O) groups is 1. The normalized spacial score (nSPS) is 26.8. The quantitative estimate of drug-likeness (QED) is 0.0301. The molecule has 3 fully saturated rings. The maximum absolute atomic E-state index is 13.3. The summed E-state index contributed by atoms with van der Waals surface area (Å²) in [5.41, 5.74) is 2.02. The maximum Gasteiger partial charge on any atom is 0.304 e. The van der Waals surface area contributed by atoms with Crippen molar-refractivity contribution >= 4 is 43.7 Å². The van der Waals surface area contributed by atoms with Gasteiger partial charge in [0.2, 0.25) is 6.29 Å². The minimum absolute atomic E-state index is 0.0748. The van der Waals surface area contributed by atoms with Crippen LogP contribution >= 0.6 is 0 Å². The van der Waals surface area contributed by atoms with Crippen molar-refractivity contribution in [2.45, 2.75) is 184 Å². The van der Waals surface area contributed by atoms with E-state index in [1.807, 2.05) is 24.3 Å². The summed E-state index contributed by atoms with van der Waals surface area (Å²) in [5.74, 6) is 0.311. The van der Waals surface area contributed by atoms with E-state index in [9.17, 15) is 4.79 Å². The van der Waals surface area contributed by atoms with E-state index in [1.54, 1.807) is 7.11 Å². The molecule has 0 spiro atoms. The van der Waals surface area contributed by atoms with Crippen LogP contribution in [-0.4, -0.2) is 111 Å². The molecule has 4 aliphatic rings. The van der Waals surface area contributed by atoms with Crippen LogP contribution in [0.1, 0.15) is 104 Å². The number of fused-ring (bicyclic) bond motifs is 3. The first kappa shape index (κ1) is 58.1. The second-order valence-corrected chi connectivity index (χ2v) is 31.6. The third-order valence-corrected chi connectivity index (χ3v) is 26.3. The van der Waals surface area contributed by atoms with Gasteiger partial charge >= 0.3 is 5.97 Å². The van der Waals surface area contributed by atoms with Gasteiger partial charge in [0.05, 0.1) is 63.1 Å². The summed E-state index contributed by atoms with van der Waals surface area (Å²) in [6, 6.07) is 46.9. The Morgan fingerprint density at radius 1 is 0.731 bits per heavy atom. The van der Waals surface area contributed by atoms with Gasteiger partial charge in [0, 0.05) is 45.0 Å². The molecule has 4 aliphatic heterocycles. The first-order chi connectivity index (χ1) is 37.8. The lowest BCUT2D eigenvalue weighted by Crippen LogP contribution is -2.66. The van der Waals surface area contributed by atoms with Crippen molar-refractivity contribution in [2.24, 2.45) is 0 Å². The summed E-state index contributed by atoms with van der Waals surface area (Å²) in [5, 5.41) is 4.56. The summed E-state index contributed by atoms with van der Waals surface area (Å²) in [6.07, 6.45) is 2.64. The Morgan fingerprint density at radius 2 is 1.41 bits per heavy atom. The van der Waals surface area contributed by atoms with Crippen molar-refractivity contribution < 1.29 is 56.3 Å². The molecule has 4 heterocycles. The Kier molecular flexibility index (Phi) is 20.0. The Balaban J connectivity index is 0.987. The highest BCUT2D eigenvalue weighted by atomic mass is 28.4. The molecule has 11 atom stereocenters. The number of hydrogen-bond donors (Lipinski definition) is 0. The number of methoxy groups -OCH3 is 1. The van der Waals surface area contributed by atoms with E-state index < -0.39 is 65.7 Å².